The summed E-state index contributed by atoms with van der Waals surface area (Å²) < 4.78 is 4.26. The number of rotatable bonds is 2. The lowest BCUT2D eigenvalue weighted by Crippen LogP contribution is -2.36. The summed E-state index contributed by atoms with van der Waals surface area (Å²) in [5.41, 5.74) is 5.00. The van der Waals surface area contributed by atoms with Gasteiger partial charge in [0.25, 0.3) is 0 Å². The number of methoxy groups -OCH3 is 1. The third-order valence-electron chi connectivity index (χ3n) is 2.82. The molecule has 0 aromatic carbocycles. The van der Waals surface area contributed by atoms with Crippen LogP contribution in [0.1, 0.15) is 73.1 Å². The lowest BCUT2D eigenvalue weighted by Gasteiger charge is -2.01. The standard InChI is InChI=1S/C5H10N2O.C4H7NO.C4H8O2.C3H8.C2H6/c6-5(8)4-2-1-3-7-4;6-4-2-1-3-5-4;1-3-4(5)6-2;1-3-2;1-2/h4,7H,1-3H2,(H2,6,8);1-3H2,(H,5,6);3H2,1-2H3;3H2,1-2H3;1-2H3. The van der Waals surface area contributed by atoms with Crippen LogP contribution in [-0.2, 0) is 19.1 Å². The molecular formula is C18H39N3O4. The molecule has 2 aliphatic heterocycles. The second-order valence-corrected chi connectivity index (χ2v) is 5.14. The predicted molar refractivity (Wildman–Crippen MR) is 102 cm³/mol. The van der Waals surface area contributed by atoms with E-state index < -0.39 is 0 Å². The second-order valence-electron chi connectivity index (χ2n) is 5.14. The van der Waals surface area contributed by atoms with E-state index in [1.54, 1.807) is 6.92 Å². The fourth-order valence-electron chi connectivity index (χ4n) is 1.64. The summed E-state index contributed by atoms with van der Waals surface area (Å²) in [6, 6.07) is -0.0463. The van der Waals surface area contributed by atoms with Crippen LogP contribution in [0.2, 0.25) is 0 Å². The van der Waals surface area contributed by atoms with Crippen molar-refractivity contribution >= 4 is 17.8 Å². The molecule has 1 unspecified atom stereocenters. The Bertz CT molecular complexity index is 314. The number of ether oxygens (including phenoxy) is 1. The Morgan fingerprint density at radius 2 is 1.72 bits per heavy atom. The molecule has 7 heteroatoms. The number of carbonyl (C=O) groups excluding carboxylic acids is 3. The van der Waals surface area contributed by atoms with E-state index >= 15 is 0 Å². The van der Waals surface area contributed by atoms with E-state index in [1.165, 1.54) is 13.5 Å². The van der Waals surface area contributed by atoms with E-state index in [9.17, 15) is 14.4 Å². The average molecular weight is 362 g/mol. The first-order chi connectivity index (χ1) is 11.9. The van der Waals surface area contributed by atoms with Crippen LogP contribution in [0.15, 0.2) is 0 Å². The van der Waals surface area contributed by atoms with Crippen LogP contribution in [0.4, 0.5) is 0 Å². The van der Waals surface area contributed by atoms with Crippen LogP contribution in [0.5, 0.6) is 0 Å². The summed E-state index contributed by atoms with van der Waals surface area (Å²) in [6.07, 6.45) is 5.47. The van der Waals surface area contributed by atoms with Crippen LogP contribution < -0.4 is 16.4 Å². The van der Waals surface area contributed by atoms with Crippen molar-refractivity contribution in [3.63, 3.8) is 0 Å². The van der Waals surface area contributed by atoms with Crippen LogP contribution >= 0.6 is 0 Å². The summed E-state index contributed by atoms with van der Waals surface area (Å²) in [6.45, 7) is 11.8. The number of nitrogens with two attached hydrogens (primary N) is 1. The minimum Gasteiger partial charge on any atom is -0.469 e. The number of hydrogen-bond donors (Lipinski definition) is 3. The predicted octanol–water partition coefficient (Wildman–Crippen LogP) is 2.13. The SMILES string of the molecule is CC.CCC.CCC(=O)OC.NC(=O)C1CCCN1.O=C1CCCN1. The van der Waals surface area contributed by atoms with E-state index in [2.05, 4.69) is 29.2 Å². The Balaban J connectivity index is -0.000000260. The molecule has 2 rings (SSSR count). The van der Waals surface area contributed by atoms with Gasteiger partial charge in [0.15, 0.2) is 0 Å². The van der Waals surface area contributed by atoms with Crippen LogP contribution in [0.25, 0.3) is 0 Å². The average Bonchev–Trinajstić information content (AvgIpc) is 3.31. The van der Waals surface area contributed by atoms with Gasteiger partial charge in [0, 0.05) is 19.4 Å². The first kappa shape index (κ1) is 28.2. The number of nitrogens with one attached hydrogen (secondary N) is 2. The van der Waals surface area contributed by atoms with Crippen LogP contribution in [0.3, 0.4) is 0 Å². The number of primary amides is 1. The molecular weight excluding hydrogens is 322 g/mol. The molecule has 0 radical (unpaired) electrons. The zero-order valence-corrected chi connectivity index (χ0v) is 16.9. The van der Waals surface area contributed by atoms with Crippen molar-refractivity contribution in [1.29, 1.82) is 0 Å². The fraction of sp³-hybridized carbons (Fsp3) is 0.833. The monoisotopic (exact) mass is 361 g/mol. The summed E-state index contributed by atoms with van der Waals surface area (Å²) >= 11 is 0. The molecule has 2 heterocycles. The Kier molecular flexibility index (Phi) is 25.2. The Morgan fingerprint density at radius 1 is 1.16 bits per heavy atom. The number of hydrogen-bond acceptors (Lipinski definition) is 5. The summed E-state index contributed by atoms with van der Waals surface area (Å²) in [5, 5.41) is 5.66. The molecule has 2 amide bonds. The van der Waals surface area contributed by atoms with E-state index in [0.717, 1.165) is 38.8 Å². The van der Waals surface area contributed by atoms with Gasteiger partial charge in [0.05, 0.1) is 13.2 Å². The maximum atomic E-state index is 10.4. The normalized spacial score (nSPS) is 16.9. The van der Waals surface area contributed by atoms with Gasteiger partial charge in [0.1, 0.15) is 0 Å². The van der Waals surface area contributed by atoms with Gasteiger partial charge >= 0.3 is 5.97 Å². The van der Waals surface area contributed by atoms with Gasteiger partial charge < -0.3 is 21.1 Å². The van der Waals surface area contributed by atoms with Crippen molar-refractivity contribution in [2.75, 3.05) is 20.2 Å². The lowest BCUT2D eigenvalue weighted by molar-refractivity contribution is -0.140. The van der Waals surface area contributed by atoms with Crippen molar-refractivity contribution in [2.45, 2.75) is 79.2 Å². The molecule has 7 nitrogen and oxygen atoms in total. The Hall–Kier alpha value is -1.63. The number of carbonyl (C=O) groups is 3. The molecule has 0 aromatic heterocycles. The Morgan fingerprint density at radius 3 is 1.84 bits per heavy atom. The summed E-state index contributed by atoms with van der Waals surface area (Å²) in [7, 11) is 1.38. The van der Waals surface area contributed by atoms with Gasteiger partial charge in [-0.25, -0.2) is 0 Å². The fourth-order valence-corrected chi connectivity index (χ4v) is 1.64. The van der Waals surface area contributed by atoms with Gasteiger partial charge in [-0.3, -0.25) is 14.4 Å². The van der Waals surface area contributed by atoms with E-state index in [4.69, 9.17) is 5.73 Å². The molecule has 2 fully saturated rings. The molecule has 0 aliphatic carbocycles. The third kappa shape index (κ3) is 22.4. The van der Waals surface area contributed by atoms with E-state index in [1.807, 2.05) is 13.8 Å². The Labute approximate surface area is 153 Å². The zero-order chi connectivity index (χ0) is 20.1. The highest BCUT2D eigenvalue weighted by Crippen LogP contribution is 2.02. The highest BCUT2D eigenvalue weighted by atomic mass is 16.5. The topological polar surface area (TPSA) is 111 Å². The van der Waals surface area contributed by atoms with Crippen molar-refractivity contribution < 1.29 is 19.1 Å². The van der Waals surface area contributed by atoms with Crippen LogP contribution in [-0.4, -0.2) is 44.0 Å². The highest BCUT2D eigenvalue weighted by molar-refractivity contribution is 5.80. The van der Waals surface area contributed by atoms with Crippen LogP contribution in [0, 0.1) is 0 Å². The molecule has 150 valence electrons. The second kappa shape index (κ2) is 22.4. The molecule has 4 N–H and O–H groups in total. The van der Waals surface area contributed by atoms with Gasteiger partial charge in [-0.05, 0) is 25.8 Å². The van der Waals surface area contributed by atoms with Gasteiger partial charge in [0.2, 0.25) is 11.8 Å². The van der Waals surface area contributed by atoms with Gasteiger partial charge in [-0.15, -0.1) is 0 Å². The maximum Gasteiger partial charge on any atom is 0.305 e. The minimum atomic E-state index is -0.220. The first-order valence-corrected chi connectivity index (χ1v) is 9.28. The lowest BCUT2D eigenvalue weighted by atomic mass is 10.2. The summed E-state index contributed by atoms with van der Waals surface area (Å²) in [5.74, 6) is -0.174. The number of esters is 1. The summed E-state index contributed by atoms with van der Waals surface area (Å²) in [4.78, 5) is 30.5. The van der Waals surface area contributed by atoms with E-state index in [0.29, 0.717) is 6.42 Å². The van der Waals surface area contributed by atoms with Gasteiger partial charge in [-0.2, -0.15) is 0 Å². The quantitative estimate of drug-likeness (QED) is 0.653. The molecule has 0 saturated carbocycles. The molecule has 2 saturated heterocycles. The molecule has 0 spiro atoms. The minimum absolute atomic E-state index is 0.0463. The van der Waals surface area contributed by atoms with Crippen molar-refractivity contribution in [2.24, 2.45) is 5.73 Å². The smallest absolute Gasteiger partial charge is 0.305 e. The largest absolute Gasteiger partial charge is 0.469 e. The maximum absolute atomic E-state index is 10.4. The number of amides is 2. The molecule has 2 aliphatic rings. The van der Waals surface area contributed by atoms with Crippen molar-refractivity contribution in [3.8, 4) is 0 Å². The van der Waals surface area contributed by atoms with E-state index in [-0.39, 0.29) is 23.8 Å². The third-order valence-corrected chi connectivity index (χ3v) is 2.82. The highest BCUT2D eigenvalue weighted by Gasteiger charge is 2.18. The first-order valence-electron chi connectivity index (χ1n) is 9.28. The molecule has 0 aromatic rings. The van der Waals surface area contributed by atoms with Gasteiger partial charge in [-0.1, -0.05) is 41.0 Å². The van der Waals surface area contributed by atoms with Crippen molar-refractivity contribution in [3.05, 3.63) is 0 Å². The molecule has 1 atom stereocenters. The van der Waals surface area contributed by atoms with Crippen molar-refractivity contribution in [1.82, 2.24) is 10.6 Å². The zero-order valence-electron chi connectivity index (χ0n) is 16.9. The molecule has 0 bridgehead atoms. The molecule has 25 heavy (non-hydrogen) atoms.